The maximum Gasteiger partial charge on any atom is 0.409 e. The molecule has 1 aromatic carbocycles. The number of ether oxygens (including phenoxy) is 2. The van der Waals surface area contributed by atoms with E-state index in [0.29, 0.717) is 31.9 Å². The van der Waals surface area contributed by atoms with Gasteiger partial charge in [-0.1, -0.05) is 0 Å². The number of sulfonamides is 1. The number of nitrogens with zero attached hydrogens (tertiary/aromatic N) is 2. The molecule has 11 nitrogen and oxygen atoms in total. The topological polar surface area (TPSA) is 135 Å². The summed E-state index contributed by atoms with van der Waals surface area (Å²) in [6, 6.07) is 8.47. The fraction of sp³-hybridized carbons (Fsp3) is 0.381. The molecule has 2 amide bonds. The second-order valence-electron chi connectivity index (χ2n) is 7.07. The normalized spacial score (nSPS) is 14.1. The number of hydrogen-bond donors (Lipinski definition) is 1. The van der Waals surface area contributed by atoms with Gasteiger partial charge < -0.3 is 23.7 Å². The molecule has 0 radical (unpaired) electrons. The van der Waals surface area contributed by atoms with Crippen LogP contribution in [0.1, 0.15) is 23.0 Å². The molecule has 178 valence electrons. The first-order chi connectivity index (χ1) is 15.8. The summed E-state index contributed by atoms with van der Waals surface area (Å²) in [7, 11) is -3.79. The number of rotatable bonds is 8. The molecule has 0 saturated carbocycles. The van der Waals surface area contributed by atoms with E-state index in [-0.39, 0.29) is 29.5 Å². The molecule has 1 N–H and O–H groups in total. The lowest BCUT2D eigenvalue weighted by molar-refractivity contribution is -0.136. The summed E-state index contributed by atoms with van der Waals surface area (Å²) in [5.74, 6) is -0.667. The Morgan fingerprint density at radius 2 is 1.67 bits per heavy atom. The number of esters is 1. The molecule has 0 bridgehead atoms. The predicted octanol–water partition coefficient (Wildman–Crippen LogP) is 1.22. The van der Waals surface area contributed by atoms with Gasteiger partial charge in [0.2, 0.25) is 10.0 Å². The van der Waals surface area contributed by atoms with Crippen molar-refractivity contribution in [3.05, 3.63) is 54.0 Å². The summed E-state index contributed by atoms with van der Waals surface area (Å²) in [5, 5.41) is 0. The average molecular weight is 480 g/mol. The lowest BCUT2D eigenvalue weighted by Crippen LogP contribution is -2.51. The third kappa shape index (κ3) is 6.56. The van der Waals surface area contributed by atoms with E-state index in [1.54, 1.807) is 19.1 Å². The zero-order chi connectivity index (χ0) is 23.8. The highest BCUT2D eigenvalue weighted by Crippen LogP contribution is 2.13. The van der Waals surface area contributed by atoms with Crippen LogP contribution in [-0.4, -0.2) is 75.6 Å². The van der Waals surface area contributed by atoms with Crippen molar-refractivity contribution in [2.75, 3.05) is 39.4 Å². The van der Waals surface area contributed by atoms with Gasteiger partial charge in [-0.2, -0.15) is 0 Å². The van der Waals surface area contributed by atoms with E-state index in [9.17, 15) is 22.8 Å². The zero-order valence-electron chi connectivity index (χ0n) is 18.1. The Bertz CT molecular complexity index is 1060. The van der Waals surface area contributed by atoms with Crippen molar-refractivity contribution in [3.63, 3.8) is 0 Å². The van der Waals surface area contributed by atoms with Crippen LogP contribution < -0.4 is 4.72 Å². The Morgan fingerprint density at radius 3 is 2.27 bits per heavy atom. The van der Waals surface area contributed by atoms with Gasteiger partial charge in [-0.05, 0) is 43.3 Å². The van der Waals surface area contributed by atoms with E-state index in [1.807, 2.05) is 0 Å². The molecule has 1 aliphatic rings. The summed E-state index contributed by atoms with van der Waals surface area (Å²) in [6.07, 6.45) is 1.02. The third-order valence-corrected chi connectivity index (χ3v) is 6.32. The molecule has 2 aromatic rings. The van der Waals surface area contributed by atoms with E-state index in [0.717, 1.165) is 0 Å². The molecule has 1 aliphatic heterocycles. The van der Waals surface area contributed by atoms with Crippen LogP contribution in [0.3, 0.4) is 0 Å². The van der Waals surface area contributed by atoms with Crippen LogP contribution in [0.5, 0.6) is 0 Å². The Labute approximate surface area is 191 Å². The Morgan fingerprint density at radius 1 is 1.00 bits per heavy atom. The van der Waals surface area contributed by atoms with Gasteiger partial charge in [0.25, 0.3) is 5.91 Å². The van der Waals surface area contributed by atoms with Crippen LogP contribution in [0, 0.1) is 0 Å². The molecule has 0 atom stereocenters. The monoisotopic (exact) mass is 479 g/mol. The first kappa shape index (κ1) is 24.3. The number of piperazine rings is 1. The van der Waals surface area contributed by atoms with E-state index in [1.165, 1.54) is 40.3 Å². The van der Waals surface area contributed by atoms with Crippen molar-refractivity contribution >= 4 is 28.0 Å². The maximum atomic E-state index is 12.3. The number of hydrogen-bond acceptors (Lipinski definition) is 8. The summed E-state index contributed by atoms with van der Waals surface area (Å²) in [5.41, 5.74) is 0.111. The molecule has 1 fully saturated rings. The average Bonchev–Trinajstić information content (AvgIpc) is 3.35. The van der Waals surface area contributed by atoms with Gasteiger partial charge >= 0.3 is 12.1 Å². The molecule has 0 aliphatic carbocycles. The van der Waals surface area contributed by atoms with Gasteiger partial charge in [-0.25, -0.2) is 22.7 Å². The van der Waals surface area contributed by atoms with E-state index in [4.69, 9.17) is 13.9 Å². The minimum absolute atomic E-state index is 0.00468. The maximum absolute atomic E-state index is 12.3. The molecule has 12 heteroatoms. The highest BCUT2D eigenvalue weighted by Gasteiger charge is 2.25. The van der Waals surface area contributed by atoms with Crippen molar-refractivity contribution < 1.29 is 36.7 Å². The van der Waals surface area contributed by atoms with Crippen molar-refractivity contribution in [1.82, 2.24) is 14.5 Å². The summed E-state index contributed by atoms with van der Waals surface area (Å²) < 4.78 is 42.2. The zero-order valence-corrected chi connectivity index (χ0v) is 18.9. The quantitative estimate of drug-likeness (QED) is 0.558. The van der Waals surface area contributed by atoms with Gasteiger partial charge in [-0.15, -0.1) is 0 Å². The number of furan rings is 1. The second-order valence-corrected chi connectivity index (χ2v) is 8.84. The Hall–Kier alpha value is -3.38. The van der Waals surface area contributed by atoms with Crippen molar-refractivity contribution in [1.29, 1.82) is 0 Å². The third-order valence-electron chi connectivity index (χ3n) is 4.90. The molecule has 2 heterocycles. The highest BCUT2D eigenvalue weighted by molar-refractivity contribution is 7.89. The molecule has 33 heavy (non-hydrogen) atoms. The molecule has 3 rings (SSSR count). The van der Waals surface area contributed by atoms with Crippen LogP contribution in [0.4, 0.5) is 4.79 Å². The number of carbonyl (C=O) groups excluding carboxylic acids is 3. The summed E-state index contributed by atoms with van der Waals surface area (Å²) in [4.78, 5) is 39.3. The standard InChI is InChI=1S/C21H25N3O8S/c1-2-30-21(27)24-11-9-23(10-12-24)19(25)15-32-20(26)16-5-7-18(8-6-16)33(28,29)22-14-17-4-3-13-31-17/h3-8,13,22H,2,9-12,14-15H2,1H3. The first-order valence-corrected chi connectivity index (χ1v) is 11.8. The van der Waals surface area contributed by atoms with Crippen molar-refractivity contribution in [3.8, 4) is 0 Å². The Kier molecular flexibility index (Phi) is 8.06. The molecule has 1 saturated heterocycles. The number of amides is 2. The fourth-order valence-electron chi connectivity index (χ4n) is 3.09. The van der Waals surface area contributed by atoms with Gasteiger partial charge in [0, 0.05) is 26.2 Å². The largest absolute Gasteiger partial charge is 0.468 e. The lowest BCUT2D eigenvalue weighted by Gasteiger charge is -2.33. The minimum Gasteiger partial charge on any atom is -0.468 e. The minimum atomic E-state index is -3.79. The molecular weight excluding hydrogens is 454 g/mol. The summed E-state index contributed by atoms with van der Waals surface area (Å²) in [6.45, 7) is 2.84. The van der Waals surface area contributed by atoms with Crippen LogP contribution in [0.15, 0.2) is 52.0 Å². The highest BCUT2D eigenvalue weighted by atomic mass is 32.2. The van der Waals surface area contributed by atoms with Crippen LogP contribution in [0.2, 0.25) is 0 Å². The van der Waals surface area contributed by atoms with Crippen LogP contribution in [0.25, 0.3) is 0 Å². The van der Waals surface area contributed by atoms with E-state index < -0.39 is 28.7 Å². The number of nitrogens with one attached hydrogen (secondary N) is 1. The Balaban J connectivity index is 1.46. The van der Waals surface area contributed by atoms with Gasteiger partial charge in [-0.3, -0.25) is 4.79 Å². The van der Waals surface area contributed by atoms with Crippen molar-refractivity contribution in [2.24, 2.45) is 0 Å². The SMILES string of the molecule is CCOC(=O)N1CCN(C(=O)COC(=O)c2ccc(S(=O)(=O)NCc3ccco3)cc2)CC1. The summed E-state index contributed by atoms with van der Waals surface area (Å²) >= 11 is 0. The van der Waals surface area contributed by atoms with Gasteiger partial charge in [0.05, 0.1) is 29.9 Å². The number of benzene rings is 1. The second kappa shape index (κ2) is 11.0. The fourth-order valence-corrected chi connectivity index (χ4v) is 4.08. The molecule has 1 aromatic heterocycles. The van der Waals surface area contributed by atoms with Crippen LogP contribution in [-0.2, 0) is 30.8 Å². The molecular formula is C21H25N3O8S. The lowest BCUT2D eigenvalue weighted by atomic mass is 10.2. The first-order valence-electron chi connectivity index (χ1n) is 10.3. The predicted molar refractivity (Wildman–Crippen MR) is 115 cm³/mol. The van der Waals surface area contributed by atoms with E-state index in [2.05, 4.69) is 4.72 Å². The van der Waals surface area contributed by atoms with Crippen molar-refractivity contribution in [2.45, 2.75) is 18.4 Å². The number of carbonyl (C=O) groups is 3. The van der Waals surface area contributed by atoms with Crippen LogP contribution >= 0.6 is 0 Å². The smallest absolute Gasteiger partial charge is 0.409 e. The van der Waals surface area contributed by atoms with Gasteiger partial charge in [0.15, 0.2) is 6.61 Å². The van der Waals surface area contributed by atoms with Gasteiger partial charge in [0.1, 0.15) is 5.76 Å². The van der Waals surface area contributed by atoms with E-state index >= 15 is 0 Å². The molecule has 0 spiro atoms. The molecule has 0 unspecified atom stereocenters.